The second-order valence-electron chi connectivity index (χ2n) is 5.17. The van der Waals surface area contributed by atoms with E-state index in [9.17, 15) is 0 Å². The Morgan fingerprint density at radius 3 is 3.06 bits per heavy atom. The van der Waals surface area contributed by atoms with E-state index in [-0.39, 0.29) is 5.54 Å². The zero-order valence-corrected chi connectivity index (χ0v) is 12.1. The van der Waals surface area contributed by atoms with E-state index in [0.29, 0.717) is 5.92 Å². The van der Waals surface area contributed by atoms with Crippen LogP contribution in [0.4, 0.5) is 0 Å². The summed E-state index contributed by atoms with van der Waals surface area (Å²) in [6, 6.07) is 8.67. The van der Waals surface area contributed by atoms with Gasteiger partial charge in [-0.15, -0.1) is 0 Å². The Bertz CT molecular complexity index is 378. The van der Waals surface area contributed by atoms with Crippen molar-refractivity contribution in [1.29, 1.82) is 0 Å². The molecule has 1 fully saturated rings. The minimum atomic E-state index is 0.111. The van der Waals surface area contributed by atoms with Crippen molar-refractivity contribution < 1.29 is 4.74 Å². The maximum atomic E-state index is 5.32. The van der Waals surface area contributed by atoms with Gasteiger partial charge in [-0.25, -0.2) is 0 Å². The van der Waals surface area contributed by atoms with Gasteiger partial charge in [-0.3, -0.25) is 0 Å². The topological polar surface area (TPSA) is 21.3 Å². The minimum absolute atomic E-state index is 0.111. The second kappa shape index (κ2) is 5.51. The van der Waals surface area contributed by atoms with Crippen LogP contribution >= 0.6 is 15.9 Å². The molecule has 1 heterocycles. The summed E-state index contributed by atoms with van der Waals surface area (Å²) in [5, 5.41) is 3.57. The van der Waals surface area contributed by atoms with Crippen molar-refractivity contribution in [2.75, 3.05) is 20.3 Å². The molecular weight excluding hydrogens is 278 g/mol. The molecule has 0 radical (unpaired) electrons. The molecule has 1 aromatic rings. The van der Waals surface area contributed by atoms with E-state index in [4.69, 9.17) is 4.74 Å². The first kappa shape index (κ1) is 13.1. The van der Waals surface area contributed by atoms with Crippen LogP contribution in [0, 0.1) is 0 Å². The quantitative estimate of drug-likeness (QED) is 0.924. The number of rotatable bonds is 3. The third-order valence-electron chi connectivity index (χ3n) is 3.52. The predicted octanol–water partition coefficient (Wildman–Crippen LogP) is 3.32. The Kier molecular flexibility index (Phi) is 4.23. The molecule has 0 aliphatic carbocycles. The van der Waals surface area contributed by atoms with Gasteiger partial charge in [0.15, 0.2) is 0 Å². The van der Waals surface area contributed by atoms with Crippen LogP contribution < -0.4 is 5.32 Å². The molecular formula is C14H20BrNO. The van der Waals surface area contributed by atoms with Crippen LogP contribution in [0.3, 0.4) is 0 Å². The third-order valence-corrected chi connectivity index (χ3v) is 4.02. The molecule has 0 bridgehead atoms. The number of hydrogen-bond acceptors (Lipinski definition) is 2. The van der Waals surface area contributed by atoms with Crippen LogP contribution in [0.1, 0.15) is 31.2 Å². The molecule has 3 heteroatoms. The van der Waals surface area contributed by atoms with Crippen LogP contribution in [0.5, 0.6) is 0 Å². The number of halogens is 1. The van der Waals surface area contributed by atoms with E-state index in [1.165, 1.54) is 16.5 Å². The normalized spacial score (nSPS) is 29.2. The highest BCUT2D eigenvalue weighted by Gasteiger charge is 2.32. The van der Waals surface area contributed by atoms with Gasteiger partial charge in [0.1, 0.15) is 0 Å². The molecule has 1 aromatic carbocycles. The van der Waals surface area contributed by atoms with E-state index in [0.717, 1.165) is 19.6 Å². The zero-order valence-electron chi connectivity index (χ0n) is 10.5. The average molecular weight is 298 g/mol. The van der Waals surface area contributed by atoms with Crippen molar-refractivity contribution in [3.63, 3.8) is 0 Å². The smallest absolute Gasteiger partial charge is 0.0641 e. The molecule has 0 aromatic heterocycles. The first-order valence-electron chi connectivity index (χ1n) is 6.12. The van der Waals surface area contributed by atoms with Crippen molar-refractivity contribution in [3.05, 3.63) is 34.3 Å². The first-order valence-corrected chi connectivity index (χ1v) is 6.92. The van der Waals surface area contributed by atoms with Crippen molar-refractivity contribution in [3.8, 4) is 0 Å². The van der Waals surface area contributed by atoms with Gasteiger partial charge in [-0.05, 0) is 49.9 Å². The van der Waals surface area contributed by atoms with E-state index >= 15 is 0 Å². The lowest BCUT2D eigenvalue weighted by atomic mass is 9.80. The molecule has 1 N–H and O–H groups in total. The summed E-state index contributed by atoms with van der Waals surface area (Å²) in [7, 11) is 1.77. The number of piperidine rings is 1. The molecule has 0 saturated carbocycles. The fourth-order valence-corrected chi connectivity index (χ4v) is 3.16. The van der Waals surface area contributed by atoms with Crippen LogP contribution in [-0.4, -0.2) is 25.8 Å². The van der Waals surface area contributed by atoms with E-state index in [1.54, 1.807) is 7.11 Å². The minimum Gasteiger partial charge on any atom is -0.383 e. The summed E-state index contributed by atoms with van der Waals surface area (Å²) in [5.41, 5.74) is 1.54. The van der Waals surface area contributed by atoms with Gasteiger partial charge in [0, 0.05) is 17.1 Å². The summed E-state index contributed by atoms with van der Waals surface area (Å²) in [6.07, 6.45) is 2.34. The molecule has 2 nitrogen and oxygen atoms in total. The number of hydrogen-bond donors (Lipinski definition) is 1. The molecule has 1 aliphatic heterocycles. The van der Waals surface area contributed by atoms with Crippen molar-refractivity contribution >= 4 is 15.9 Å². The maximum absolute atomic E-state index is 5.32. The van der Waals surface area contributed by atoms with Crippen LogP contribution in [0.25, 0.3) is 0 Å². The molecule has 17 heavy (non-hydrogen) atoms. The molecule has 94 valence electrons. The van der Waals surface area contributed by atoms with E-state index < -0.39 is 0 Å². The molecule has 2 rings (SSSR count). The number of nitrogens with one attached hydrogen (secondary N) is 1. The first-order chi connectivity index (χ1) is 8.13. The largest absolute Gasteiger partial charge is 0.383 e. The zero-order chi connectivity index (χ0) is 12.3. The standard InChI is InChI=1S/C14H20BrNO/c1-14(10-17-2)9-12(6-7-16-14)11-4-3-5-13(15)8-11/h3-5,8,12,16H,6-7,9-10H2,1-2H3. The summed E-state index contributed by atoms with van der Waals surface area (Å²) < 4.78 is 6.49. The molecule has 1 aliphatic rings. The van der Waals surface area contributed by atoms with Crippen LogP contribution in [-0.2, 0) is 4.74 Å². The summed E-state index contributed by atoms with van der Waals surface area (Å²) in [5.74, 6) is 0.633. The Morgan fingerprint density at radius 1 is 1.53 bits per heavy atom. The van der Waals surface area contributed by atoms with Crippen LogP contribution in [0.2, 0.25) is 0 Å². The van der Waals surface area contributed by atoms with Gasteiger partial charge in [0.05, 0.1) is 6.61 Å². The van der Waals surface area contributed by atoms with Gasteiger partial charge in [0.25, 0.3) is 0 Å². The lowest BCUT2D eigenvalue weighted by molar-refractivity contribution is 0.0946. The highest BCUT2D eigenvalue weighted by atomic mass is 79.9. The average Bonchev–Trinajstić information content (AvgIpc) is 2.29. The van der Waals surface area contributed by atoms with Gasteiger partial charge >= 0.3 is 0 Å². The summed E-state index contributed by atoms with van der Waals surface area (Å²) in [4.78, 5) is 0. The second-order valence-corrected chi connectivity index (χ2v) is 6.08. The van der Waals surface area contributed by atoms with Gasteiger partial charge < -0.3 is 10.1 Å². The Labute approximate surface area is 112 Å². The Hall–Kier alpha value is -0.380. The molecule has 2 atom stereocenters. The SMILES string of the molecule is COCC1(C)CC(c2cccc(Br)c2)CCN1. The van der Waals surface area contributed by atoms with Crippen molar-refractivity contribution in [1.82, 2.24) is 5.32 Å². The monoisotopic (exact) mass is 297 g/mol. The highest BCUT2D eigenvalue weighted by molar-refractivity contribution is 9.10. The molecule has 0 amide bonds. The van der Waals surface area contributed by atoms with Crippen molar-refractivity contribution in [2.45, 2.75) is 31.2 Å². The molecule has 1 saturated heterocycles. The van der Waals surface area contributed by atoms with Gasteiger partial charge in [-0.2, -0.15) is 0 Å². The molecule has 0 spiro atoms. The number of ether oxygens (including phenoxy) is 1. The maximum Gasteiger partial charge on any atom is 0.0641 e. The number of methoxy groups -OCH3 is 1. The lowest BCUT2D eigenvalue weighted by Crippen LogP contribution is -2.51. The fourth-order valence-electron chi connectivity index (χ4n) is 2.74. The van der Waals surface area contributed by atoms with E-state index in [1.807, 2.05) is 0 Å². The van der Waals surface area contributed by atoms with Crippen LogP contribution in [0.15, 0.2) is 28.7 Å². The lowest BCUT2D eigenvalue weighted by Gasteiger charge is -2.39. The Morgan fingerprint density at radius 2 is 2.35 bits per heavy atom. The summed E-state index contributed by atoms with van der Waals surface area (Å²) >= 11 is 3.55. The van der Waals surface area contributed by atoms with E-state index in [2.05, 4.69) is 52.4 Å². The fraction of sp³-hybridized carbons (Fsp3) is 0.571. The number of benzene rings is 1. The summed E-state index contributed by atoms with van der Waals surface area (Å²) in [6.45, 7) is 4.09. The van der Waals surface area contributed by atoms with Crippen molar-refractivity contribution in [2.24, 2.45) is 0 Å². The third kappa shape index (κ3) is 3.30. The van der Waals surface area contributed by atoms with Gasteiger partial charge in [-0.1, -0.05) is 28.1 Å². The molecule has 2 unspecified atom stereocenters. The Balaban J connectivity index is 2.12. The predicted molar refractivity (Wildman–Crippen MR) is 74.4 cm³/mol. The van der Waals surface area contributed by atoms with Gasteiger partial charge in [0.2, 0.25) is 0 Å². The highest BCUT2D eigenvalue weighted by Crippen LogP contribution is 2.33.